The minimum atomic E-state index is -0.183. The van der Waals surface area contributed by atoms with Gasteiger partial charge in [0.25, 0.3) is 0 Å². The third-order valence-electron chi connectivity index (χ3n) is 3.50. The summed E-state index contributed by atoms with van der Waals surface area (Å²) in [6, 6.07) is 4.96. The smallest absolute Gasteiger partial charge is 0.124 e. The van der Waals surface area contributed by atoms with E-state index in [1.54, 1.807) is 6.07 Å². The Balaban J connectivity index is 0.00000180. The highest BCUT2D eigenvalue weighted by Crippen LogP contribution is 2.23. The molecule has 1 fully saturated rings. The summed E-state index contributed by atoms with van der Waals surface area (Å²) < 4.78 is 13.9. The number of likely N-dealkylation sites (tertiary alicyclic amines) is 1. The van der Waals surface area contributed by atoms with Crippen molar-refractivity contribution in [2.24, 2.45) is 5.92 Å². The van der Waals surface area contributed by atoms with Crippen LogP contribution in [0.5, 0.6) is 0 Å². The second-order valence-corrected chi connectivity index (χ2v) is 5.89. The lowest BCUT2D eigenvalue weighted by Crippen LogP contribution is -2.38. The fourth-order valence-electron chi connectivity index (χ4n) is 2.64. The summed E-state index contributed by atoms with van der Waals surface area (Å²) >= 11 is 3.44. The van der Waals surface area contributed by atoms with Crippen molar-refractivity contribution < 1.29 is 4.39 Å². The first kappa shape index (κ1) is 16.9. The molecule has 0 radical (unpaired) electrons. The van der Waals surface area contributed by atoms with Crippen LogP contribution in [0, 0.1) is 11.7 Å². The van der Waals surface area contributed by atoms with Crippen molar-refractivity contribution in [3.05, 3.63) is 34.1 Å². The van der Waals surface area contributed by atoms with Crippen molar-refractivity contribution in [3.8, 4) is 0 Å². The lowest BCUT2D eigenvalue weighted by atomic mass is 9.97. The van der Waals surface area contributed by atoms with E-state index in [1.165, 1.54) is 24.5 Å². The van der Waals surface area contributed by atoms with Gasteiger partial charge < -0.3 is 5.32 Å². The van der Waals surface area contributed by atoms with Gasteiger partial charge in [-0.1, -0.05) is 22.0 Å². The van der Waals surface area contributed by atoms with Gasteiger partial charge in [-0.15, -0.1) is 12.4 Å². The van der Waals surface area contributed by atoms with Crippen LogP contribution in [0.15, 0.2) is 22.7 Å². The van der Waals surface area contributed by atoms with Crippen LogP contribution in [0.3, 0.4) is 0 Å². The number of halogens is 3. The third kappa shape index (κ3) is 5.03. The minimum absolute atomic E-state index is 0. The van der Waals surface area contributed by atoms with Crippen LogP contribution in [0.2, 0.25) is 0 Å². The molecule has 1 saturated heterocycles. The fourth-order valence-corrected chi connectivity index (χ4v) is 3.12. The van der Waals surface area contributed by atoms with E-state index in [0.717, 1.165) is 36.6 Å². The van der Waals surface area contributed by atoms with Gasteiger partial charge in [0.2, 0.25) is 0 Å². The first-order valence-corrected chi connectivity index (χ1v) is 7.29. The van der Waals surface area contributed by atoms with E-state index in [1.807, 2.05) is 13.1 Å². The van der Waals surface area contributed by atoms with Gasteiger partial charge in [0.1, 0.15) is 5.82 Å². The molecule has 108 valence electrons. The highest BCUT2D eigenvalue weighted by molar-refractivity contribution is 9.10. The van der Waals surface area contributed by atoms with Gasteiger partial charge in [-0.05, 0) is 56.6 Å². The normalized spacial score (nSPS) is 20.1. The zero-order valence-corrected chi connectivity index (χ0v) is 13.6. The molecular weight excluding hydrogens is 331 g/mol. The Morgan fingerprint density at radius 3 is 2.95 bits per heavy atom. The molecule has 1 N–H and O–H groups in total. The standard InChI is InChI=1S/C14H20BrFN2.ClH/c1-17-8-11-3-2-6-18(9-11)10-12-4-5-13(16)7-14(12)15;/h4-5,7,11,17H,2-3,6,8-10H2,1H3;1H. The Hall–Kier alpha value is -0.160. The molecule has 0 aromatic heterocycles. The molecule has 1 heterocycles. The van der Waals surface area contributed by atoms with Crippen molar-refractivity contribution in [3.63, 3.8) is 0 Å². The van der Waals surface area contributed by atoms with Crippen LogP contribution < -0.4 is 5.32 Å². The van der Waals surface area contributed by atoms with E-state index in [4.69, 9.17) is 0 Å². The Kier molecular flexibility index (Phi) is 7.29. The number of hydrogen-bond acceptors (Lipinski definition) is 2. The Morgan fingerprint density at radius 1 is 1.47 bits per heavy atom. The van der Waals surface area contributed by atoms with Gasteiger partial charge in [0.05, 0.1) is 0 Å². The fraction of sp³-hybridized carbons (Fsp3) is 0.571. The van der Waals surface area contributed by atoms with E-state index in [2.05, 4.69) is 26.1 Å². The molecule has 1 aromatic carbocycles. The summed E-state index contributed by atoms with van der Waals surface area (Å²) in [6.07, 6.45) is 2.56. The summed E-state index contributed by atoms with van der Waals surface area (Å²) in [7, 11) is 2.01. The number of rotatable bonds is 4. The summed E-state index contributed by atoms with van der Waals surface area (Å²) in [6.45, 7) is 4.26. The van der Waals surface area contributed by atoms with Gasteiger partial charge in [-0.2, -0.15) is 0 Å². The molecule has 0 aliphatic carbocycles. The molecule has 0 amide bonds. The first-order valence-electron chi connectivity index (χ1n) is 6.50. The largest absolute Gasteiger partial charge is 0.319 e. The molecule has 0 bridgehead atoms. The minimum Gasteiger partial charge on any atom is -0.319 e. The van der Waals surface area contributed by atoms with E-state index >= 15 is 0 Å². The predicted molar refractivity (Wildman–Crippen MR) is 83.3 cm³/mol. The van der Waals surface area contributed by atoms with Crippen LogP contribution >= 0.6 is 28.3 Å². The molecule has 1 aliphatic heterocycles. The van der Waals surface area contributed by atoms with Crippen molar-refractivity contribution in [2.45, 2.75) is 19.4 Å². The highest BCUT2D eigenvalue weighted by Gasteiger charge is 2.19. The first-order chi connectivity index (χ1) is 8.69. The molecule has 5 heteroatoms. The maximum atomic E-state index is 13.0. The van der Waals surface area contributed by atoms with Crippen molar-refractivity contribution >= 4 is 28.3 Å². The predicted octanol–water partition coefficient (Wildman–Crippen LogP) is 3.44. The zero-order chi connectivity index (χ0) is 13.0. The number of benzene rings is 1. The van der Waals surface area contributed by atoms with Gasteiger partial charge in [0, 0.05) is 17.6 Å². The average Bonchev–Trinajstić information content (AvgIpc) is 2.34. The molecule has 1 atom stereocenters. The maximum absolute atomic E-state index is 13.0. The van der Waals surface area contributed by atoms with Crippen molar-refractivity contribution in [1.29, 1.82) is 0 Å². The number of hydrogen-bond donors (Lipinski definition) is 1. The average molecular weight is 352 g/mol. The van der Waals surface area contributed by atoms with Crippen LogP contribution in [0.1, 0.15) is 18.4 Å². The highest BCUT2D eigenvalue weighted by atomic mass is 79.9. The van der Waals surface area contributed by atoms with Crippen LogP contribution in [0.4, 0.5) is 4.39 Å². The van der Waals surface area contributed by atoms with E-state index in [-0.39, 0.29) is 18.2 Å². The van der Waals surface area contributed by atoms with Gasteiger partial charge in [-0.3, -0.25) is 4.90 Å². The quantitative estimate of drug-likeness (QED) is 0.894. The summed E-state index contributed by atoms with van der Waals surface area (Å²) in [5, 5.41) is 3.26. The monoisotopic (exact) mass is 350 g/mol. The topological polar surface area (TPSA) is 15.3 Å². The lowest BCUT2D eigenvalue weighted by Gasteiger charge is -2.32. The molecule has 0 spiro atoms. The molecule has 2 nitrogen and oxygen atoms in total. The Labute approximate surface area is 129 Å². The SMILES string of the molecule is CNCC1CCCN(Cc2ccc(F)cc2Br)C1.Cl. The summed E-state index contributed by atoms with van der Waals surface area (Å²) in [5.41, 5.74) is 1.17. The van der Waals surface area contributed by atoms with Crippen LogP contribution in [0.25, 0.3) is 0 Å². The third-order valence-corrected chi connectivity index (χ3v) is 4.24. The second kappa shape index (κ2) is 8.20. The van der Waals surface area contributed by atoms with E-state index < -0.39 is 0 Å². The molecular formula is C14H21BrClFN2. The van der Waals surface area contributed by atoms with Crippen LogP contribution in [-0.2, 0) is 6.54 Å². The number of piperidine rings is 1. The zero-order valence-electron chi connectivity index (χ0n) is 11.2. The number of nitrogens with one attached hydrogen (secondary N) is 1. The van der Waals surface area contributed by atoms with E-state index in [0.29, 0.717) is 0 Å². The van der Waals surface area contributed by atoms with Crippen molar-refractivity contribution in [1.82, 2.24) is 10.2 Å². The molecule has 0 saturated carbocycles. The second-order valence-electron chi connectivity index (χ2n) is 5.04. The molecule has 1 aliphatic rings. The Bertz CT molecular complexity index is 401. The van der Waals surface area contributed by atoms with Gasteiger partial charge in [-0.25, -0.2) is 4.39 Å². The Morgan fingerprint density at radius 2 is 2.26 bits per heavy atom. The molecule has 1 aromatic rings. The van der Waals surface area contributed by atoms with Crippen molar-refractivity contribution in [2.75, 3.05) is 26.7 Å². The molecule has 2 rings (SSSR count). The summed E-state index contributed by atoms with van der Waals surface area (Å²) in [5.74, 6) is 0.556. The molecule has 19 heavy (non-hydrogen) atoms. The summed E-state index contributed by atoms with van der Waals surface area (Å²) in [4.78, 5) is 2.46. The van der Waals surface area contributed by atoms with Gasteiger partial charge in [0.15, 0.2) is 0 Å². The lowest BCUT2D eigenvalue weighted by molar-refractivity contribution is 0.166. The maximum Gasteiger partial charge on any atom is 0.124 e. The van der Waals surface area contributed by atoms with E-state index in [9.17, 15) is 4.39 Å². The van der Waals surface area contributed by atoms with Crippen LogP contribution in [-0.4, -0.2) is 31.6 Å². The molecule has 1 unspecified atom stereocenters. The van der Waals surface area contributed by atoms with Gasteiger partial charge >= 0.3 is 0 Å². The number of nitrogens with zero attached hydrogens (tertiary/aromatic N) is 1.